The van der Waals surface area contributed by atoms with E-state index in [1.165, 1.54) is 25.7 Å². The molecule has 0 aromatic heterocycles. The van der Waals surface area contributed by atoms with Crippen molar-refractivity contribution in [1.29, 1.82) is 0 Å². The lowest BCUT2D eigenvalue weighted by Crippen LogP contribution is -2.43. The van der Waals surface area contributed by atoms with Gasteiger partial charge in [-0.2, -0.15) is 0 Å². The predicted molar refractivity (Wildman–Crippen MR) is 142 cm³/mol. The molecule has 3 N–H and O–H groups in total. The molecule has 1 heterocycles. The first kappa shape index (κ1) is 26.7. The summed E-state index contributed by atoms with van der Waals surface area (Å²) in [6, 6.07) is 7.97. The van der Waals surface area contributed by atoms with Gasteiger partial charge in [0.15, 0.2) is 5.96 Å². The van der Waals surface area contributed by atoms with E-state index in [0.717, 1.165) is 69.3 Å². The standard InChI is InChI=1S/C24H39N5O2.HI/c1-3-25-22(27-19-24(13-16-31-2)11-4-5-12-24)26-18-20-9-8-10-21(17-20)28-23(30)29-14-6-7-15-29;/h8-10,17H,3-7,11-16,18-19H2,1-2H3,(H,28,30)(H2,25,26,27);1H. The minimum absolute atomic E-state index is 0. The number of methoxy groups -OCH3 is 1. The van der Waals surface area contributed by atoms with Gasteiger partial charge in [-0.25, -0.2) is 9.79 Å². The fourth-order valence-electron chi connectivity index (χ4n) is 4.61. The highest BCUT2D eigenvalue weighted by molar-refractivity contribution is 14.0. The number of anilines is 1. The highest BCUT2D eigenvalue weighted by atomic mass is 127. The van der Waals surface area contributed by atoms with Gasteiger partial charge in [-0.05, 0) is 62.1 Å². The second-order valence-electron chi connectivity index (χ2n) is 8.82. The summed E-state index contributed by atoms with van der Waals surface area (Å²) in [5.74, 6) is 0.845. The normalized spacial score (nSPS) is 17.7. The van der Waals surface area contributed by atoms with Crippen molar-refractivity contribution >= 4 is 41.7 Å². The molecule has 3 rings (SSSR count). The Morgan fingerprint density at radius 1 is 1.16 bits per heavy atom. The third-order valence-electron chi connectivity index (χ3n) is 6.47. The van der Waals surface area contributed by atoms with Gasteiger partial charge in [0.05, 0.1) is 6.54 Å². The maximum absolute atomic E-state index is 12.4. The Balaban J connectivity index is 0.00000363. The lowest BCUT2D eigenvalue weighted by molar-refractivity contribution is 0.138. The Labute approximate surface area is 210 Å². The van der Waals surface area contributed by atoms with Crippen LogP contribution in [0.1, 0.15) is 57.4 Å². The van der Waals surface area contributed by atoms with Gasteiger partial charge in [0.2, 0.25) is 0 Å². The summed E-state index contributed by atoms with van der Waals surface area (Å²) in [4.78, 5) is 19.0. The van der Waals surface area contributed by atoms with Gasteiger partial charge in [-0.15, -0.1) is 24.0 Å². The molecule has 8 heteroatoms. The number of hydrogen-bond donors (Lipinski definition) is 3. The highest BCUT2D eigenvalue weighted by Crippen LogP contribution is 2.40. The van der Waals surface area contributed by atoms with Crippen molar-refractivity contribution in [2.75, 3.05) is 45.2 Å². The minimum Gasteiger partial charge on any atom is -0.385 e. The van der Waals surface area contributed by atoms with Crippen molar-refractivity contribution in [3.8, 4) is 0 Å². The number of aliphatic imine (C=N–C) groups is 1. The average molecular weight is 558 g/mol. The number of benzene rings is 1. The molecule has 32 heavy (non-hydrogen) atoms. The summed E-state index contributed by atoms with van der Waals surface area (Å²) in [6.07, 6.45) is 8.38. The van der Waals surface area contributed by atoms with Crippen molar-refractivity contribution < 1.29 is 9.53 Å². The summed E-state index contributed by atoms with van der Waals surface area (Å²) in [5, 5.41) is 9.96. The molecule has 1 aliphatic carbocycles. The number of rotatable bonds is 9. The van der Waals surface area contributed by atoms with E-state index >= 15 is 0 Å². The molecule has 1 aliphatic heterocycles. The lowest BCUT2D eigenvalue weighted by atomic mass is 9.83. The molecule has 180 valence electrons. The summed E-state index contributed by atoms with van der Waals surface area (Å²) in [5.41, 5.74) is 2.21. The van der Waals surface area contributed by atoms with Gasteiger partial charge < -0.3 is 25.6 Å². The van der Waals surface area contributed by atoms with Crippen LogP contribution in [0.5, 0.6) is 0 Å². The molecule has 0 radical (unpaired) electrons. The first-order valence-corrected chi connectivity index (χ1v) is 11.8. The summed E-state index contributed by atoms with van der Waals surface area (Å²) in [6.45, 7) is 6.90. The Bertz CT molecular complexity index is 731. The van der Waals surface area contributed by atoms with Gasteiger partial charge in [0.25, 0.3) is 0 Å². The second kappa shape index (κ2) is 13.9. The van der Waals surface area contributed by atoms with Crippen LogP contribution in [0.25, 0.3) is 0 Å². The average Bonchev–Trinajstić information content (AvgIpc) is 3.48. The van der Waals surface area contributed by atoms with Crippen molar-refractivity contribution in [2.45, 2.75) is 58.4 Å². The third-order valence-corrected chi connectivity index (χ3v) is 6.47. The molecule has 1 saturated carbocycles. The largest absolute Gasteiger partial charge is 0.385 e. The number of nitrogens with one attached hydrogen (secondary N) is 3. The van der Waals surface area contributed by atoms with Crippen molar-refractivity contribution in [2.24, 2.45) is 10.4 Å². The van der Waals surface area contributed by atoms with Crippen LogP contribution in [-0.2, 0) is 11.3 Å². The number of carbonyl (C=O) groups excluding carboxylic acids is 1. The monoisotopic (exact) mass is 557 g/mol. The zero-order valence-corrected chi connectivity index (χ0v) is 22.0. The van der Waals surface area contributed by atoms with E-state index in [0.29, 0.717) is 12.0 Å². The molecular weight excluding hydrogens is 517 g/mol. The second-order valence-corrected chi connectivity index (χ2v) is 8.82. The molecule has 1 saturated heterocycles. The lowest BCUT2D eigenvalue weighted by Gasteiger charge is -2.30. The molecule has 1 aromatic rings. The maximum atomic E-state index is 12.4. The first-order chi connectivity index (χ1) is 15.1. The Hall–Kier alpha value is -1.55. The smallest absolute Gasteiger partial charge is 0.321 e. The number of halogens is 1. The summed E-state index contributed by atoms with van der Waals surface area (Å²) >= 11 is 0. The third kappa shape index (κ3) is 8.10. The van der Waals surface area contributed by atoms with Crippen molar-refractivity contribution in [3.05, 3.63) is 29.8 Å². The number of nitrogens with zero attached hydrogens (tertiary/aromatic N) is 2. The SMILES string of the molecule is CCNC(=NCc1cccc(NC(=O)N2CCCC2)c1)NCC1(CCOC)CCCC1.I. The van der Waals surface area contributed by atoms with Crippen LogP contribution in [-0.4, -0.2) is 56.8 Å². The van der Waals surface area contributed by atoms with E-state index in [1.54, 1.807) is 7.11 Å². The number of guanidine groups is 1. The molecule has 0 atom stereocenters. The fraction of sp³-hybridized carbons (Fsp3) is 0.667. The van der Waals surface area contributed by atoms with E-state index in [-0.39, 0.29) is 30.0 Å². The Kier molecular flexibility index (Phi) is 11.6. The van der Waals surface area contributed by atoms with E-state index in [2.05, 4.69) is 28.9 Å². The molecule has 0 spiro atoms. The van der Waals surface area contributed by atoms with Gasteiger partial charge in [-0.3, -0.25) is 0 Å². The zero-order valence-electron chi connectivity index (χ0n) is 19.6. The van der Waals surface area contributed by atoms with E-state index < -0.39 is 0 Å². The molecule has 2 aliphatic rings. The van der Waals surface area contributed by atoms with Crippen LogP contribution in [0.4, 0.5) is 10.5 Å². The van der Waals surface area contributed by atoms with Crippen LogP contribution in [0.2, 0.25) is 0 Å². The number of hydrogen-bond acceptors (Lipinski definition) is 3. The zero-order chi connectivity index (χ0) is 21.9. The molecule has 0 bridgehead atoms. The van der Waals surface area contributed by atoms with Crippen molar-refractivity contribution in [1.82, 2.24) is 15.5 Å². The van der Waals surface area contributed by atoms with Gasteiger partial charge >= 0.3 is 6.03 Å². The molecular formula is C24H40IN5O2. The summed E-state index contributed by atoms with van der Waals surface area (Å²) in [7, 11) is 1.78. The first-order valence-electron chi connectivity index (χ1n) is 11.8. The number of carbonyl (C=O) groups is 1. The summed E-state index contributed by atoms with van der Waals surface area (Å²) < 4.78 is 5.35. The van der Waals surface area contributed by atoms with Crippen LogP contribution < -0.4 is 16.0 Å². The topological polar surface area (TPSA) is 78.0 Å². The highest BCUT2D eigenvalue weighted by Gasteiger charge is 2.33. The van der Waals surface area contributed by atoms with Crippen LogP contribution >= 0.6 is 24.0 Å². The molecule has 0 unspecified atom stereocenters. The van der Waals surface area contributed by atoms with Gasteiger partial charge in [0.1, 0.15) is 0 Å². The van der Waals surface area contributed by atoms with E-state index in [4.69, 9.17) is 9.73 Å². The molecule has 2 fully saturated rings. The van der Waals surface area contributed by atoms with Crippen LogP contribution in [0.15, 0.2) is 29.3 Å². The van der Waals surface area contributed by atoms with Crippen LogP contribution in [0, 0.1) is 5.41 Å². The Morgan fingerprint density at radius 2 is 1.91 bits per heavy atom. The molecule has 2 amide bonds. The van der Waals surface area contributed by atoms with Crippen LogP contribution in [0.3, 0.4) is 0 Å². The fourth-order valence-corrected chi connectivity index (χ4v) is 4.61. The maximum Gasteiger partial charge on any atom is 0.321 e. The minimum atomic E-state index is -0.00826. The number of urea groups is 1. The predicted octanol–water partition coefficient (Wildman–Crippen LogP) is 4.58. The number of likely N-dealkylation sites (tertiary alicyclic amines) is 1. The van der Waals surface area contributed by atoms with E-state index in [9.17, 15) is 4.79 Å². The van der Waals surface area contributed by atoms with Crippen molar-refractivity contribution in [3.63, 3.8) is 0 Å². The Morgan fingerprint density at radius 3 is 2.59 bits per heavy atom. The van der Waals surface area contributed by atoms with E-state index in [1.807, 2.05) is 23.1 Å². The van der Waals surface area contributed by atoms with Gasteiger partial charge in [0, 0.05) is 45.6 Å². The molecule has 1 aromatic carbocycles. The number of ether oxygens (including phenoxy) is 1. The number of amides is 2. The van der Waals surface area contributed by atoms with Gasteiger partial charge in [-0.1, -0.05) is 25.0 Å². The quantitative estimate of drug-likeness (QED) is 0.236. The molecule has 7 nitrogen and oxygen atoms in total.